The first-order valence-corrected chi connectivity index (χ1v) is 6.11. The monoisotopic (exact) mass is 235 g/mol. The van der Waals surface area contributed by atoms with Crippen LogP contribution in [-0.4, -0.2) is 21.9 Å². The van der Waals surface area contributed by atoms with Crippen molar-refractivity contribution in [2.24, 2.45) is 12.5 Å². The Morgan fingerprint density at radius 2 is 2.06 bits per heavy atom. The Kier molecular flexibility index (Phi) is 4.15. The molecule has 3 heteroatoms. The molecule has 0 aliphatic rings. The van der Waals surface area contributed by atoms with Crippen LogP contribution in [-0.2, 0) is 13.5 Å². The van der Waals surface area contributed by atoms with Crippen molar-refractivity contribution in [3.05, 3.63) is 30.6 Å². The molecule has 0 bridgehead atoms. The highest BCUT2D eigenvalue weighted by Gasteiger charge is 2.24. The molecule has 0 aromatic carbocycles. The van der Waals surface area contributed by atoms with Crippen molar-refractivity contribution in [1.29, 1.82) is 0 Å². The van der Waals surface area contributed by atoms with Crippen molar-refractivity contribution < 1.29 is 0 Å². The lowest BCUT2D eigenvalue weighted by Crippen LogP contribution is -2.43. The summed E-state index contributed by atoms with van der Waals surface area (Å²) in [5, 5.41) is 7.96. The quantitative estimate of drug-likeness (QED) is 0.795. The third-order valence-electron chi connectivity index (χ3n) is 2.87. The zero-order valence-electron chi connectivity index (χ0n) is 11.7. The molecule has 1 atom stereocenters. The van der Waals surface area contributed by atoms with Crippen molar-refractivity contribution in [3.8, 4) is 0 Å². The van der Waals surface area contributed by atoms with E-state index in [9.17, 15) is 0 Å². The summed E-state index contributed by atoms with van der Waals surface area (Å²) in [5.74, 6) is 0. The van der Waals surface area contributed by atoms with Gasteiger partial charge in [0.25, 0.3) is 0 Å². The number of nitrogens with zero attached hydrogens (tertiary/aromatic N) is 2. The Balaban J connectivity index is 2.65. The minimum Gasteiger partial charge on any atom is -0.311 e. The molecule has 1 N–H and O–H groups in total. The first-order chi connectivity index (χ1) is 7.74. The molecule has 0 radical (unpaired) electrons. The molecule has 0 aliphatic heterocycles. The summed E-state index contributed by atoms with van der Waals surface area (Å²) >= 11 is 0. The van der Waals surface area contributed by atoms with E-state index >= 15 is 0 Å². The number of hydrogen-bond donors (Lipinski definition) is 1. The summed E-state index contributed by atoms with van der Waals surface area (Å²) in [5.41, 5.74) is 1.29. The van der Waals surface area contributed by atoms with Crippen LogP contribution in [0.1, 0.15) is 33.4 Å². The van der Waals surface area contributed by atoms with Gasteiger partial charge in [-0.2, -0.15) is 5.10 Å². The van der Waals surface area contributed by atoms with Crippen LogP contribution in [0.5, 0.6) is 0 Å². The maximum atomic E-state index is 4.43. The molecule has 0 amide bonds. The Labute approximate surface area is 105 Å². The van der Waals surface area contributed by atoms with Crippen molar-refractivity contribution in [3.63, 3.8) is 0 Å². The molecule has 1 heterocycles. The summed E-state index contributed by atoms with van der Waals surface area (Å²) in [7, 11) is 1.95. The van der Waals surface area contributed by atoms with E-state index in [2.05, 4.69) is 50.8 Å². The third kappa shape index (κ3) is 4.73. The molecule has 1 rings (SSSR count). The second-order valence-electron chi connectivity index (χ2n) is 6.12. The van der Waals surface area contributed by atoms with E-state index in [4.69, 9.17) is 0 Å². The predicted octanol–water partition coefficient (Wildman–Crippen LogP) is 2.54. The summed E-state index contributed by atoms with van der Waals surface area (Å²) in [6, 6.07) is 2.07. The lowest BCUT2D eigenvalue weighted by atomic mass is 9.84. The van der Waals surface area contributed by atoms with Gasteiger partial charge in [-0.1, -0.05) is 13.0 Å². The normalized spacial score (nSPS) is 15.6. The first kappa shape index (κ1) is 14.0. The minimum absolute atomic E-state index is 0.0433. The van der Waals surface area contributed by atoms with Gasteiger partial charge in [0, 0.05) is 37.2 Å². The van der Waals surface area contributed by atoms with Gasteiger partial charge >= 0.3 is 0 Å². The number of nitrogens with one attached hydrogen (secondary N) is 1. The Bertz CT molecular complexity index is 373. The fourth-order valence-electron chi connectivity index (χ4n) is 1.65. The zero-order chi connectivity index (χ0) is 13.1. The summed E-state index contributed by atoms with van der Waals surface area (Å²) in [4.78, 5) is 0. The Hall–Kier alpha value is -1.09. The van der Waals surface area contributed by atoms with Crippen LogP contribution in [0, 0.1) is 5.41 Å². The molecule has 1 aromatic heterocycles. The molecule has 0 fully saturated rings. The number of hydrogen-bond acceptors (Lipinski definition) is 2. The van der Waals surface area contributed by atoms with Crippen molar-refractivity contribution in [2.75, 3.05) is 6.54 Å². The van der Waals surface area contributed by atoms with Gasteiger partial charge in [0.15, 0.2) is 0 Å². The van der Waals surface area contributed by atoms with Crippen LogP contribution in [0.4, 0.5) is 0 Å². The van der Waals surface area contributed by atoms with Crippen molar-refractivity contribution in [2.45, 2.75) is 39.7 Å². The molecule has 3 nitrogen and oxygen atoms in total. The third-order valence-corrected chi connectivity index (χ3v) is 2.87. The molecule has 1 aromatic rings. The SMILES string of the molecule is C=CC(C)(CNC(C)(C)C)Cc1ccn(C)n1. The van der Waals surface area contributed by atoms with Crippen LogP contribution in [0.3, 0.4) is 0 Å². The van der Waals surface area contributed by atoms with Gasteiger partial charge in [0.1, 0.15) is 0 Å². The molecular formula is C14H25N3. The van der Waals surface area contributed by atoms with Gasteiger partial charge in [-0.3, -0.25) is 4.68 Å². The van der Waals surface area contributed by atoms with Gasteiger partial charge in [-0.25, -0.2) is 0 Å². The summed E-state index contributed by atoms with van der Waals surface area (Å²) in [6.07, 6.45) is 4.93. The Morgan fingerprint density at radius 3 is 2.47 bits per heavy atom. The topological polar surface area (TPSA) is 29.9 Å². The van der Waals surface area contributed by atoms with E-state index in [1.807, 2.05) is 24.0 Å². The van der Waals surface area contributed by atoms with E-state index in [0.717, 1.165) is 18.7 Å². The second-order valence-corrected chi connectivity index (χ2v) is 6.12. The van der Waals surface area contributed by atoms with Crippen LogP contribution in [0.15, 0.2) is 24.9 Å². The van der Waals surface area contributed by atoms with Crippen LogP contribution < -0.4 is 5.32 Å². The maximum Gasteiger partial charge on any atom is 0.0633 e. The molecule has 96 valence electrons. The van der Waals surface area contributed by atoms with Gasteiger partial charge < -0.3 is 5.32 Å². The molecule has 0 spiro atoms. The van der Waals surface area contributed by atoms with Crippen molar-refractivity contribution in [1.82, 2.24) is 15.1 Å². The highest BCUT2D eigenvalue weighted by atomic mass is 15.2. The molecule has 0 saturated heterocycles. The smallest absolute Gasteiger partial charge is 0.0633 e. The lowest BCUT2D eigenvalue weighted by Gasteiger charge is -2.30. The Morgan fingerprint density at radius 1 is 1.41 bits per heavy atom. The highest BCUT2D eigenvalue weighted by molar-refractivity contribution is 5.07. The van der Waals surface area contributed by atoms with Gasteiger partial charge in [0.2, 0.25) is 0 Å². The molecule has 0 aliphatic carbocycles. The first-order valence-electron chi connectivity index (χ1n) is 6.11. The fourth-order valence-corrected chi connectivity index (χ4v) is 1.65. The minimum atomic E-state index is 0.0433. The number of aryl methyl sites for hydroxylation is 1. The maximum absolute atomic E-state index is 4.43. The second kappa shape index (κ2) is 5.05. The van der Waals surface area contributed by atoms with Gasteiger partial charge in [-0.05, 0) is 26.8 Å². The molecular weight excluding hydrogens is 210 g/mol. The van der Waals surface area contributed by atoms with E-state index in [-0.39, 0.29) is 11.0 Å². The lowest BCUT2D eigenvalue weighted by molar-refractivity contribution is 0.320. The number of rotatable bonds is 5. The fraction of sp³-hybridized carbons (Fsp3) is 0.643. The van der Waals surface area contributed by atoms with Gasteiger partial charge in [0.05, 0.1) is 5.69 Å². The zero-order valence-corrected chi connectivity index (χ0v) is 11.7. The van der Waals surface area contributed by atoms with Crippen LogP contribution >= 0.6 is 0 Å². The number of aromatic nitrogens is 2. The van der Waals surface area contributed by atoms with E-state index in [1.54, 1.807) is 0 Å². The van der Waals surface area contributed by atoms with Crippen molar-refractivity contribution >= 4 is 0 Å². The predicted molar refractivity (Wildman–Crippen MR) is 73.0 cm³/mol. The molecule has 17 heavy (non-hydrogen) atoms. The van der Waals surface area contributed by atoms with E-state index in [0.29, 0.717) is 0 Å². The average Bonchev–Trinajstić information content (AvgIpc) is 2.60. The molecule has 1 unspecified atom stereocenters. The standard InChI is InChI=1S/C14H25N3/c1-7-14(5,11-15-13(2,3)4)10-12-8-9-17(6)16-12/h7-9,15H,1,10-11H2,2-6H3. The summed E-state index contributed by atoms with van der Waals surface area (Å²) in [6.45, 7) is 13.6. The molecule has 0 saturated carbocycles. The van der Waals surface area contributed by atoms with Gasteiger partial charge in [-0.15, -0.1) is 6.58 Å². The largest absolute Gasteiger partial charge is 0.311 e. The highest BCUT2D eigenvalue weighted by Crippen LogP contribution is 2.23. The average molecular weight is 235 g/mol. The van der Waals surface area contributed by atoms with Crippen LogP contribution in [0.2, 0.25) is 0 Å². The summed E-state index contributed by atoms with van der Waals surface area (Å²) < 4.78 is 1.84. The van der Waals surface area contributed by atoms with E-state index in [1.165, 1.54) is 0 Å². The van der Waals surface area contributed by atoms with Crippen LogP contribution in [0.25, 0.3) is 0 Å². The van der Waals surface area contributed by atoms with E-state index < -0.39 is 0 Å².